The summed E-state index contributed by atoms with van der Waals surface area (Å²) in [6.45, 7) is 5.79. The number of fused-ring (bicyclic) bond motifs is 1. The van der Waals surface area contributed by atoms with Crippen molar-refractivity contribution in [1.29, 1.82) is 0 Å². The lowest BCUT2D eigenvalue weighted by Gasteiger charge is -2.29. The maximum absolute atomic E-state index is 12.4. The van der Waals surface area contributed by atoms with E-state index in [-0.39, 0.29) is 5.91 Å². The highest BCUT2D eigenvalue weighted by atomic mass is 16.1. The highest BCUT2D eigenvalue weighted by Crippen LogP contribution is 2.22. The molecule has 5 heteroatoms. The smallest absolute Gasteiger partial charge is 0.275 e. The molecule has 0 spiro atoms. The average Bonchev–Trinajstić information content (AvgIpc) is 2.70. The van der Waals surface area contributed by atoms with Crippen LogP contribution in [0.2, 0.25) is 0 Å². The monoisotopic (exact) mass is 358 g/mol. The fraction of sp³-hybridized carbons (Fsp3) is 0.227. The van der Waals surface area contributed by atoms with Gasteiger partial charge in [0, 0.05) is 18.8 Å². The van der Waals surface area contributed by atoms with Crippen molar-refractivity contribution < 1.29 is 4.79 Å². The Kier molecular flexibility index (Phi) is 4.59. The van der Waals surface area contributed by atoms with E-state index in [1.165, 1.54) is 16.7 Å². The molecule has 1 aliphatic rings. The molecule has 5 nitrogen and oxygen atoms in total. The van der Waals surface area contributed by atoms with E-state index in [0.717, 1.165) is 36.6 Å². The van der Waals surface area contributed by atoms with Crippen LogP contribution >= 0.6 is 0 Å². The van der Waals surface area contributed by atoms with Gasteiger partial charge in [-0.25, -0.2) is 9.97 Å². The van der Waals surface area contributed by atoms with Crippen molar-refractivity contribution >= 4 is 17.4 Å². The van der Waals surface area contributed by atoms with Crippen molar-refractivity contribution in [3.8, 4) is 0 Å². The van der Waals surface area contributed by atoms with Crippen LogP contribution in [0.25, 0.3) is 0 Å². The SMILES string of the molecule is Cc1ccc(NC(=O)c2cnc(N3CCc4ccccc4C3)cn2)cc1C. The lowest BCUT2D eigenvalue weighted by Crippen LogP contribution is -2.31. The van der Waals surface area contributed by atoms with E-state index in [1.54, 1.807) is 12.4 Å². The van der Waals surface area contributed by atoms with Crippen LogP contribution in [0.4, 0.5) is 11.5 Å². The van der Waals surface area contributed by atoms with Crippen LogP contribution in [0.15, 0.2) is 54.9 Å². The second kappa shape index (κ2) is 7.19. The lowest BCUT2D eigenvalue weighted by atomic mass is 10.0. The molecular formula is C22H22N4O. The molecule has 2 heterocycles. The molecule has 3 aromatic rings. The summed E-state index contributed by atoms with van der Waals surface area (Å²) >= 11 is 0. The molecule has 0 saturated carbocycles. The number of hydrogen-bond acceptors (Lipinski definition) is 4. The van der Waals surface area contributed by atoms with Crippen molar-refractivity contribution in [2.45, 2.75) is 26.8 Å². The quantitative estimate of drug-likeness (QED) is 0.771. The lowest BCUT2D eigenvalue weighted by molar-refractivity contribution is 0.102. The van der Waals surface area contributed by atoms with Gasteiger partial charge >= 0.3 is 0 Å². The Hall–Kier alpha value is -3.21. The number of carbonyl (C=O) groups excluding carboxylic acids is 1. The number of nitrogens with one attached hydrogen (secondary N) is 1. The molecule has 0 saturated heterocycles. The number of anilines is 2. The van der Waals surface area contributed by atoms with Crippen molar-refractivity contribution in [2.75, 3.05) is 16.8 Å². The van der Waals surface area contributed by atoms with E-state index in [1.807, 2.05) is 32.0 Å². The summed E-state index contributed by atoms with van der Waals surface area (Å²) in [5, 5.41) is 2.88. The summed E-state index contributed by atoms with van der Waals surface area (Å²) in [6, 6.07) is 14.3. The zero-order valence-corrected chi connectivity index (χ0v) is 15.6. The van der Waals surface area contributed by atoms with Gasteiger partial charge in [-0.1, -0.05) is 30.3 Å². The third kappa shape index (κ3) is 3.67. The van der Waals surface area contributed by atoms with Crippen LogP contribution in [-0.2, 0) is 13.0 Å². The largest absolute Gasteiger partial charge is 0.351 e. The fourth-order valence-electron chi connectivity index (χ4n) is 3.31. The number of carbonyl (C=O) groups is 1. The van der Waals surface area contributed by atoms with Crippen LogP contribution in [0.3, 0.4) is 0 Å². The first-order valence-corrected chi connectivity index (χ1v) is 9.12. The van der Waals surface area contributed by atoms with Gasteiger partial charge in [0.15, 0.2) is 0 Å². The van der Waals surface area contributed by atoms with Crippen molar-refractivity contribution in [3.05, 3.63) is 82.8 Å². The summed E-state index contributed by atoms with van der Waals surface area (Å²) in [6.07, 6.45) is 4.22. The van der Waals surface area contributed by atoms with Crippen LogP contribution in [0.1, 0.15) is 32.7 Å². The predicted molar refractivity (Wildman–Crippen MR) is 107 cm³/mol. The minimum Gasteiger partial charge on any atom is -0.351 e. The first kappa shape index (κ1) is 17.2. The Morgan fingerprint density at radius 1 is 1.00 bits per heavy atom. The van der Waals surface area contributed by atoms with Crippen LogP contribution < -0.4 is 10.2 Å². The molecule has 136 valence electrons. The van der Waals surface area contributed by atoms with Gasteiger partial charge in [0.25, 0.3) is 5.91 Å². The first-order valence-electron chi connectivity index (χ1n) is 9.12. The highest BCUT2D eigenvalue weighted by molar-refractivity contribution is 6.02. The molecule has 27 heavy (non-hydrogen) atoms. The molecule has 0 radical (unpaired) electrons. The Bertz CT molecular complexity index is 982. The van der Waals surface area contributed by atoms with E-state index in [0.29, 0.717) is 5.69 Å². The topological polar surface area (TPSA) is 58.1 Å². The number of rotatable bonds is 3. The molecule has 0 aliphatic carbocycles. The Labute approximate surface area is 159 Å². The normalized spacial score (nSPS) is 13.2. The first-order chi connectivity index (χ1) is 13.1. The van der Waals surface area contributed by atoms with Gasteiger partial charge in [0.1, 0.15) is 11.5 Å². The summed E-state index contributed by atoms with van der Waals surface area (Å²) < 4.78 is 0. The molecule has 2 aromatic carbocycles. The summed E-state index contributed by atoms with van der Waals surface area (Å²) in [7, 11) is 0. The number of nitrogens with zero attached hydrogens (tertiary/aromatic N) is 3. The summed E-state index contributed by atoms with van der Waals surface area (Å²) in [4.78, 5) is 23.4. The van der Waals surface area contributed by atoms with Gasteiger partial charge in [0.05, 0.1) is 12.4 Å². The number of hydrogen-bond donors (Lipinski definition) is 1. The molecule has 0 unspecified atom stereocenters. The third-order valence-electron chi connectivity index (χ3n) is 5.09. The highest BCUT2D eigenvalue weighted by Gasteiger charge is 2.18. The van der Waals surface area contributed by atoms with Gasteiger partial charge < -0.3 is 10.2 Å². The maximum atomic E-state index is 12.4. The molecular weight excluding hydrogens is 336 g/mol. The van der Waals surface area contributed by atoms with Gasteiger partial charge in [-0.05, 0) is 54.7 Å². The maximum Gasteiger partial charge on any atom is 0.275 e. The predicted octanol–water partition coefficient (Wildman–Crippen LogP) is 3.91. The zero-order valence-electron chi connectivity index (χ0n) is 15.6. The van der Waals surface area contributed by atoms with E-state index in [2.05, 4.69) is 44.5 Å². The molecule has 1 amide bonds. The van der Waals surface area contributed by atoms with Gasteiger partial charge in [-0.3, -0.25) is 4.79 Å². The van der Waals surface area contributed by atoms with Crippen LogP contribution in [0.5, 0.6) is 0 Å². The van der Waals surface area contributed by atoms with E-state index < -0.39 is 0 Å². The number of benzene rings is 2. The van der Waals surface area contributed by atoms with Crippen molar-refractivity contribution in [3.63, 3.8) is 0 Å². The summed E-state index contributed by atoms with van der Waals surface area (Å²) in [5.41, 5.74) is 6.13. The minimum atomic E-state index is -0.249. The second-order valence-corrected chi connectivity index (χ2v) is 6.95. The van der Waals surface area contributed by atoms with E-state index >= 15 is 0 Å². The second-order valence-electron chi connectivity index (χ2n) is 6.95. The minimum absolute atomic E-state index is 0.249. The molecule has 4 rings (SSSR count). The van der Waals surface area contributed by atoms with Crippen molar-refractivity contribution in [2.24, 2.45) is 0 Å². The van der Waals surface area contributed by atoms with Crippen LogP contribution in [-0.4, -0.2) is 22.4 Å². The van der Waals surface area contributed by atoms with Gasteiger partial charge in [-0.2, -0.15) is 0 Å². The molecule has 1 aliphatic heterocycles. The molecule has 1 N–H and O–H groups in total. The van der Waals surface area contributed by atoms with E-state index in [4.69, 9.17) is 0 Å². The van der Waals surface area contributed by atoms with Crippen molar-refractivity contribution in [1.82, 2.24) is 9.97 Å². The summed E-state index contributed by atoms with van der Waals surface area (Å²) in [5.74, 6) is 0.550. The molecule has 0 fully saturated rings. The Morgan fingerprint density at radius 3 is 2.56 bits per heavy atom. The molecule has 0 bridgehead atoms. The van der Waals surface area contributed by atoms with E-state index in [9.17, 15) is 4.79 Å². The van der Waals surface area contributed by atoms with Crippen LogP contribution in [0, 0.1) is 13.8 Å². The number of aromatic nitrogens is 2. The third-order valence-corrected chi connectivity index (χ3v) is 5.09. The fourth-order valence-corrected chi connectivity index (χ4v) is 3.31. The number of amides is 1. The average molecular weight is 358 g/mol. The standard InChI is InChI=1S/C22H22N4O/c1-15-7-8-19(11-16(15)2)25-22(27)20-12-24-21(13-23-20)26-10-9-17-5-3-4-6-18(17)14-26/h3-8,11-13H,9-10,14H2,1-2H3,(H,25,27). The zero-order chi connectivity index (χ0) is 18.8. The van der Waals surface area contributed by atoms with Gasteiger partial charge in [-0.15, -0.1) is 0 Å². The Morgan fingerprint density at radius 2 is 1.81 bits per heavy atom. The number of aryl methyl sites for hydroxylation is 2. The van der Waals surface area contributed by atoms with Gasteiger partial charge in [0.2, 0.25) is 0 Å². The Balaban J connectivity index is 1.46. The molecule has 0 atom stereocenters. The molecule has 1 aromatic heterocycles.